The number of aromatic nitrogens is 4. The zero-order valence-electron chi connectivity index (χ0n) is 18.6. The molecule has 7 nitrogen and oxygen atoms in total. The van der Waals surface area contributed by atoms with Crippen molar-refractivity contribution >= 4 is 34.5 Å². The van der Waals surface area contributed by atoms with Crippen molar-refractivity contribution in [3.8, 4) is 0 Å². The van der Waals surface area contributed by atoms with Gasteiger partial charge < -0.3 is 10.6 Å². The molecule has 0 atom stereocenters. The van der Waals surface area contributed by atoms with Gasteiger partial charge in [0.1, 0.15) is 5.82 Å². The summed E-state index contributed by atoms with van der Waals surface area (Å²) in [5.74, 6) is 0.898. The highest BCUT2D eigenvalue weighted by Gasteiger charge is 2.14. The summed E-state index contributed by atoms with van der Waals surface area (Å²) >= 11 is 1.64. The summed E-state index contributed by atoms with van der Waals surface area (Å²) in [6, 6.07) is 10.3. The predicted octanol–water partition coefficient (Wildman–Crippen LogP) is 4.29. The first-order valence-electron chi connectivity index (χ1n) is 11.0. The molecule has 2 N–H and O–H groups in total. The Balaban J connectivity index is 1.57. The van der Waals surface area contributed by atoms with Crippen LogP contribution in [0.5, 0.6) is 0 Å². The highest BCUT2D eigenvalue weighted by molar-refractivity contribution is 7.99. The summed E-state index contributed by atoms with van der Waals surface area (Å²) in [6.45, 7) is 8.33. The summed E-state index contributed by atoms with van der Waals surface area (Å²) in [4.78, 5) is 21.6. The molecule has 1 aromatic carbocycles. The van der Waals surface area contributed by atoms with Crippen LogP contribution in [0.1, 0.15) is 45.6 Å². The number of hydrogen-bond acceptors (Lipinski definition) is 6. The average Bonchev–Trinajstić information content (AvgIpc) is 3.15. The van der Waals surface area contributed by atoms with Crippen LogP contribution in [0.4, 0.5) is 5.82 Å². The number of amides is 1. The minimum Gasteiger partial charge on any atom is -0.369 e. The summed E-state index contributed by atoms with van der Waals surface area (Å²) in [7, 11) is 0. The third-order valence-corrected chi connectivity index (χ3v) is 5.58. The molecule has 3 aromatic rings. The molecular weight excluding hydrogens is 408 g/mol. The van der Waals surface area contributed by atoms with Gasteiger partial charge in [0.15, 0.2) is 10.8 Å². The van der Waals surface area contributed by atoms with Crippen molar-refractivity contribution in [3.05, 3.63) is 42.1 Å². The maximum atomic E-state index is 12.2. The lowest BCUT2D eigenvalue weighted by Gasteiger charge is -2.10. The largest absolute Gasteiger partial charge is 0.369 e. The number of nitrogens with one attached hydrogen (secondary N) is 2. The molecular formula is C23H32N6OS. The van der Waals surface area contributed by atoms with Crippen molar-refractivity contribution in [1.29, 1.82) is 0 Å². The van der Waals surface area contributed by atoms with Gasteiger partial charge in [-0.25, -0.2) is 14.6 Å². The van der Waals surface area contributed by atoms with Gasteiger partial charge in [0.2, 0.25) is 5.91 Å². The normalized spacial score (nSPS) is 11.2. The molecule has 8 heteroatoms. The monoisotopic (exact) mass is 440 g/mol. The van der Waals surface area contributed by atoms with E-state index in [1.807, 2.05) is 22.9 Å². The number of carbonyl (C=O) groups excluding carboxylic acids is 1. The van der Waals surface area contributed by atoms with Crippen LogP contribution in [0.2, 0.25) is 0 Å². The molecule has 0 saturated carbocycles. The topological polar surface area (TPSA) is 84.7 Å². The summed E-state index contributed by atoms with van der Waals surface area (Å²) in [6.07, 6.45) is 5.10. The second-order valence-corrected chi connectivity index (χ2v) is 9.29. The van der Waals surface area contributed by atoms with E-state index in [-0.39, 0.29) is 5.91 Å². The standard InChI is InChI=1S/C23H32N6OS/c1-4-13-25-21-19-16-26-29(22(19)28-23(27-21)31-17(2)3)15-14-24-20(30)12-8-11-18-9-6-5-7-10-18/h5-7,9-10,16-17H,4,8,11-15H2,1-3H3,(H,24,30)(H,25,27,28). The fourth-order valence-electron chi connectivity index (χ4n) is 3.23. The van der Waals surface area contributed by atoms with E-state index in [4.69, 9.17) is 4.98 Å². The number of anilines is 1. The van der Waals surface area contributed by atoms with Crippen molar-refractivity contribution in [1.82, 2.24) is 25.1 Å². The Labute approximate surface area is 188 Å². The summed E-state index contributed by atoms with van der Waals surface area (Å²) < 4.78 is 1.85. The number of nitrogens with zero attached hydrogens (tertiary/aromatic N) is 4. The number of aryl methyl sites for hydroxylation is 1. The number of thioether (sulfide) groups is 1. The quantitative estimate of drug-likeness (QED) is 0.323. The number of fused-ring (bicyclic) bond motifs is 1. The van der Waals surface area contributed by atoms with Gasteiger partial charge in [-0.2, -0.15) is 5.10 Å². The highest BCUT2D eigenvalue weighted by Crippen LogP contribution is 2.26. The Hall–Kier alpha value is -2.61. The fourth-order valence-corrected chi connectivity index (χ4v) is 3.93. The molecule has 0 saturated heterocycles. The molecule has 0 aliphatic carbocycles. The number of carbonyl (C=O) groups is 1. The first-order chi connectivity index (χ1) is 15.1. The molecule has 2 heterocycles. The highest BCUT2D eigenvalue weighted by atomic mass is 32.2. The lowest BCUT2D eigenvalue weighted by molar-refractivity contribution is -0.121. The van der Waals surface area contributed by atoms with Crippen molar-refractivity contribution < 1.29 is 4.79 Å². The average molecular weight is 441 g/mol. The summed E-state index contributed by atoms with van der Waals surface area (Å²) in [5, 5.41) is 12.9. The van der Waals surface area contributed by atoms with Gasteiger partial charge in [0, 0.05) is 24.8 Å². The molecule has 31 heavy (non-hydrogen) atoms. The van der Waals surface area contributed by atoms with Crippen molar-refractivity contribution in [2.45, 2.75) is 63.4 Å². The van der Waals surface area contributed by atoms with E-state index in [2.05, 4.69) is 53.6 Å². The van der Waals surface area contributed by atoms with Crippen LogP contribution >= 0.6 is 11.8 Å². The molecule has 0 bridgehead atoms. The van der Waals surface area contributed by atoms with Crippen molar-refractivity contribution in [2.24, 2.45) is 0 Å². The number of hydrogen-bond donors (Lipinski definition) is 2. The smallest absolute Gasteiger partial charge is 0.220 e. The first-order valence-corrected chi connectivity index (χ1v) is 11.9. The molecule has 0 aliphatic heterocycles. The molecule has 0 fully saturated rings. The lowest BCUT2D eigenvalue weighted by atomic mass is 10.1. The molecule has 0 radical (unpaired) electrons. The van der Waals surface area contributed by atoms with Gasteiger partial charge in [-0.05, 0) is 24.8 Å². The Bertz CT molecular complexity index is 973. The van der Waals surface area contributed by atoms with Gasteiger partial charge >= 0.3 is 0 Å². The van der Waals surface area contributed by atoms with Crippen LogP contribution in [0, 0.1) is 0 Å². The van der Waals surface area contributed by atoms with Gasteiger partial charge in [-0.15, -0.1) is 0 Å². The number of benzene rings is 1. The minimum absolute atomic E-state index is 0.0726. The molecule has 0 unspecified atom stereocenters. The van der Waals surface area contributed by atoms with Gasteiger partial charge in [0.25, 0.3) is 0 Å². The predicted molar refractivity (Wildman–Crippen MR) is 127 cm³/mol. The van der Waals surface area contributed by atoms with Crippen LogP contribution in [0.15, 0.2) is 41.7 Å². The molecule has 0 aliphatic rings. The van der Waals surface area contributed by atoms with Gasteiger partial charge in [-0.1, -0.05) is 62.9 Å². The Morgan fingerprint density at radius 2 is 1.97 bits per heavy atom. The first kappa shape index (κ1) is 23.1. The SMILES string of the molecule is CCCNc1nc(SC(C)C)nc2c1cnn2CCNC(=O)CCCc1ccccc1. The Morgan fingerprint density at radius 1 is 1.16 bits per heavy atom. The Morgan fingerprint density at radius 3 is 2.71 bits per heavy atom. The second kappa shape index (κ2) is 11.7. The third kappa shape index (κ3) is 6.95. The lowest BCUT2D eigenvalue weighted by Crippen LogP contribution is -2.27. The van der Waals surface area contributed by atoms with E-state index in [0.29, 0.717) is 24.8 Å². The Kier molecular flexibility index (Phi) is 8.70. The maximum Gasteiger partial charge on any atom is 0.220 e. The van der Waals surface area contributed by atoms with Crippen LogP contribution in [-0.2, 0) is 17.8 Å². The maximum absolute atomic E-state index is 12.2. The molecule has 166 valence electrons. The van der Waals surface area contributed by atoms with Crippen LogP contribution in [0.25, 0.3) is 11.0 Å². The van der Waals surface area contributed by atoms with Crippen LogP contribution < -0.4 is 10.6 Å². The van der Waals surface area contributed by atoms with Crippen LogP contribution in [-0.4, -0.2) is 44.0 Å². The fraction of sp³-hybridized carbons (Fsp3) is 0.478. The molecule has 2 aromatic heterocycles. The van der Waals surface area contributed by atoms with E-state index in [0.717, 1.165) is 47.8 Å². The third-order valence-electron chi connectivity index (χ3n) is 4.72. The van der Waals surface area contributed by atoms with E-state index in [1.165, 1.54) is 5.56 Å². The molecule has 0 spiro atoms. The van der Waals surface area contributed by atoms with E-state index >= 15 is 0 Å². The molecule has 3 rings (SSSR count). The van der Waals surface area contributed by atoms with Crippen LogP contribution in [0.3, 0.4) is 0 Å². The zero-order chi connectivity index (χ0) is 22.1. The molecule has 1 amide bonds. The van der Waals surface area contributed by atoms with Crippen molar-refractivity contribution in [3.63, 3.8) is 0 Å². The van der Waals surface area contributed by atoms with Gasteiger partial charge in [0.05, 0.1) is 18.1 Å². The minimum atomic E-state index is 0.0726. The number of rotatable bonds is 12. The zero-order valence-corrected chi connectivity index (χ0v) is 19.4. The van der Waals surface area contributed by atoms with E-state index < -0.39 is 0 Å². The van der Waals surface area contributed by atoms with E-state index in [1.54, 1.807) is 18.0 Å². The second-order valence-electron chi connectivity index (χ2n) is 7.74. The van der Waals surface area contributed by atoms with Gasteiger partial charge in [-0.3, -0.25) is 4.79 Å². The van der Waals surface area contributed by atoms with E-state index in [9.17, 15) is 4.79 Å². The van der Waals surface area contributed by atoms with Crippen molar-refractivity contribution in [2.75, 3.05) is 18.4 Å². The summed E-state index contributed by atoms with van der Waals surface area (Å²) in [5.41, 5.74) is 2.07.